The van der Waals surface area contributed by atoms with Crippen LogP contribution in [-0.4, -0.2) is 4.57 Å². The number of para-hydroxylation sites is 1. The van der Waals surface area contributed by atoms with Gasteiger partial charge in [-0.05, 0) is 35.9 Å². The van der Waals surface area contributed by atoms with Crippen molar-refractivity contribution < 1.29 is 0 Å². The first kappa shape index (κ1) is 13.7. The number of aryl methyl sites for hydroxylation is 1. The Bertz CT molecular complexity index is 876. The second-order valence-corrected chi connectivity index (χ2v) is 5.36. The lowest BCUT2D eigenvalue weighted by molar-refractivity contribution is 0.947. The van der Waals surface area contributed by atoms with E-state index in [2.05, 4.69) is 0 Å². The van der Waals surface area contributed by atoms with Crippen molar-refractivity contribution >= 4 is 34.7 Å². The van der Waals surface area contributed by atoms with Gasteiger partial charge in [-0.3, -0.25) is 4.79 Å². The van der Waals surface area contributed by atoms with Gasteiger partial charge in [-0.25, -0.2) is 0 Å². The number of rotatable bonds is 2. The SMILES string of the molecule is Cn1cc(/C=C/c2ccc(Cl)cc2)c(=O)c2ccccc21. The van der Waals surface area contributed by atoms with E-state index in [0.717, 1.165) is 16.5 Å². The minimum atomic E-state index is 0.0499. The van der Waals surface area contributed by atoms with E-state index in [4.69, 9.17) is 11.6 Å². The lowest BCUT2D eigenvalue weighted by atomic mass is 10.1. The van der Waals surface area contributed by atoms with E-state index in [1.165, 1.54) is 0 Å². The van der Waals surface area contributed by atoms with Gasteiger partial charge in [0.25, 0.3) is 0 Å². The zero-order valence-electron chi connectivity index (χ0n) is 11.6. The monoisotopic (exact) mass is 295 g/mol. The molecule has 0 bridgehead atoms. The van der Waals surface area contributed by atoms with Crippen LogP contribution in [0.1, 0.15) is 11.1 Å². The Morgan fingerprint density at radius 2 is 1.71 bits per heavy atom. The first-order chi connectivity index (χ1) is 10.1. The standard InChI is InChI=1S/C18H14ClNO/c1-20-12-14(9-6-13-7-10-15(19)11-8-13)18(21)16-4-2-3-5-17(16)20/h2-12H,1H3/b9-6+. The van der Waals surface area contributed by atoms with E-state index >= 15 is 0 Å². The fourth-order valence-corrected chi connectivity index (χ4v) is 2.47. The van der Waals surface area contributed by atoms with Crippen LogP contribution in [0, 0.1) is 0 Å². The molecule has 0 atom stereocenters. The van der Waals surface area contributed by atoms with Gasteiger partial charge in [0, 0.05) is 29.2 Å². The molecular weight excluding hydrogens is 282 g/mol. The van der Waals surface area contributed by atoms with Crippen LogP contribution in [0.4, 0.5) is 0 Å². The maximum absolute atomic E-state index is 12.5. The molecule has 0 aliphatic heterocycles. The molecular formula is C18H14ClNO. The van der Waals surface area contributed by atoms with Crippen molar-refractivity contribution in [2.24, 2.45) is 7.05 Å². The lowest BCUT2D eigenvalue weighted by Crippen LogP contribution is -2.10. The van der Waals surface area contributed by atoms with Crippen LogP contribution in [0.5, 0.6) is 0 Å². The maximum atomic E-state index is 12.5. The molecule has 0 radical (unpaired) electrons. The van der Waals surface area contributed by atoms with E-state index in [0.29, 0.717) is 10.6 Å². The first-order valence-electron chi connectivity index (χ1n) is 6.67. The maximum Gasteiger partial charge on any atom is 0.196 e. The normalized spacial score (nSPS) is 11.3. The molecule has 0 amide bonds. The summed E-state index contributed by atoms with van der Waals surface area (Å²) < 4.78 is 1.97. The number of aromatic nitrogens is 1. The van der Waals surface area contributed by atoms with Crippen molar-refractivity contribution in [3.63, 3.8) is 0 Å². The Kier molecular flexibility index (Phi) is 3.63. The molecule has 1 heterocycles. The molecule has 0 saturated heterocycles. The van der Waals surface area contributed by atoms with E-state index in [1.807, 2.05) is 78.5 Å². The van der Waals surface area contributed by atoms with Crippen molar-refractivity contribution in [1.29, 1.82) is 0 Å². The van der Waals surface area contributed by atoms with Crippen LogP contribution in [0.25, 0.3) is 23.1 Å². The summed E-state index contributed by atoms with van der Waals surface area (Å²) in [6.07, 6.45) is 5.62. The predicted octanol–water partition coefficient (Wildman–Crippen LogP) is 4.36. The molecule has 3 heteroatoms. The minimum Gasteiger partial charge on any atom is -0.350 e. The highest BCUT2D eigenvalue weighted by molar-refractivity contribution is 6.30. The summed E-state index contributed by atoms with van der Waals surface area (Å²) in [5.74, 6) is 0. The van der Waals surface area contributed by atoms with Gasteiger partial charge < -0.3 is 4.57 Å². The number of hydrogen-bond donors (Lipinski definition) is 0. The van der Waals surface area contributed by atoms with Gasteiger partial charge in [-0.2, -0.15) is 0 Å². The molecule has 3 rings (SSSR count). The van der Waals surface area contributed by atoms with E-state index in [-0.39, 0.29) is 5.43 Å². The van der Waals surface area contributed by atoms with Crippen molar-refractivity contribution in [3.8, 4) is 0 Å². The van der Waals surface area contributed by atoms with E-state index in [1.54, 1.807) is 0 Å². The molecule has 0 spiro atoms. The number of halogens is 1. The minimum absolute atomic E-state index is 0.0499. The Morgan fingerprint density at radius 1 is 1.00 bits per heavy atom. The molecule has 3 aromatic rings. The Labute approximate surface area is 127 Å². The highest BCUT2D eigenvalue weighted by Gasteiger charge is 2.04. The Morgan fingerprint density at radius 3 is 2.48 bits per heavy atom. The van der Waals surface area contributed by atoms with Crippen molar-refractivity contribution in [2.75, 3.05) is 0 Å². The second-order valence-electron chi connectivity index (χ2n) is 4.93. The van der Waals surface area contributed by atoms with Crippen LogP contribution in [0.3, 0.4) is 0 Å². The van der Waals surface area contributed by atoms with Crippen molar-refractivity contribution in [2.45, 2.75) is 0 Å². The lowest BCUT2D eigenvalue weighted by Gasteiger charge is -2.06. The van der Waals surface area contributed by atoms with Crippen LogP contribution in [0.2, 0.25) is 5.02 Å². The quantitative estimate of drug-likeness (QED) is 0.688. The number of pyridine rings is 1. The molecule has 0 unspecified atom stereocenters. The Hall–Kier alpha value is -2.32. The molecule has 0 aliphatic carbocycles. The fourth-order valence-electron chi connectivity index (χ4n) is 2.34. The molecule has 2 aromatic carbocycles. The summed E-state index contributed by atoms with van der Waals surface area (Å²) in [6.45, 7) is 0. The third kappa shape index (κ3) is 2.76. The molecule has 2 nitrogen and oxygen atoms in total. The summed E-state index contributed by atoms with van der Waals surface area (Å²) in [5, 5.41) is 1.44. The summed E-state index contributed by atoms with van der Waals surface area (Å²) in [4.78, 5) is 12.5. The average molecular weight is 296 g/mol. The molecule has 0 N–H and O–H groups in total. The van der Waals surface area contributed by atoms with Crippen LogP contribution in [0.15, 0.2) is 59.5 Å². The third-order valence-corrected chi connectivity index (χ3v) is 3.70. The number of fused-ring (bicyclic) bond motifs is 1. The topological polar surface area (TPSA) is 22.0 Å². The van der Waals surface area contributed by atoms with Crippen molar-refractivity contribution in [3.05, 3.63) is 81.1 Å². The van der Waals surface area contributed by atoms with E-state index in [9.17, 15) is 4.79 Å². The predicted molar refractivity (Wildman–Crippen MR) is 89.6 cm³/mol. The van der Waals surface area contributed by atoms with E-state index < -0.39 is 0 Å². The largest absolute Gasteiger partial charge is 0.350 e. The van der Waals surface area contributed by atoms with Gasteiger partial charge in [0.2, 0.25) is 0 Å². The Balaban J connectivity index is 2.07. The highest BCUT2D eigenvalue weighted by atomic mass is 35.5. The first-order valence-corrected chi connectivity index (χ1v) is 7.05. The summed E-state index contributed by atoms with van der Waals surface area (Å²) in [5.41, 5.74) is 2.67. The van der Waals surface area contributed by atoms with Crippen molar-refractivity contribution in [1.82, 2.24) is 4.57 Å². The average Bonchev–Trinajstić information content (AvgIpc) is 2.51. The molecule has 0 aliphatic rings. The molecule has 0 saturated carbocycles. The highest BCUT2D eigenvalue weighted by Crippen LogP contribution is 2.14. The third-order valence-electron chi connectivity index (χ3n) is 3.45. The number of nitrogens with zero attached hydrogens (tertiary/aromatic N) is 1. The second kappa shape index (κ2) is 5.58. The fraction of sp³-hybridized carbons (Fsp3) is 0.0556. The van der Waals surface area contributed by atoms with Gasteiger partial charge >= 0.3 is 0 Å². The smallest absolute Gasteiger partial charge is 0.196 e. The molecule has 0 fully saturated rings. The number of benzene rings is 2. The number of hydrogen-bond acceptors (Lipinski definition) is 1. The van der Waals surface area contributed by atoms with Gasteiger partial charge in [-0.1, -0.05) is 41.9 Å². The summed E-state index contributed by atoms with van der Waals surface area (Å²) in [7, 11) is 1.95. The zero-order valence-corrected chi connectivity index (χ0v) is 12.3. The van der Waals surface area contributed by atoms with Gasteiger partial charge in [0.1, 0.15) is 0 Å². The van der Waals surface area contributed by atoms with Crippen LogP contribution < -0.4 is 5.43 Å². The molecule has 1 aromatic heterocycles. The van der Waals surface area contributed by atoms with Gasteiger partial charge in [0.05, 0.1) is 5.52 Å². The molecule has 21 heavy (non-hydrogen) atoms. The summed E-state index contributed by atoms with van der Waals surface area (Å²) >= 11 is 5.86. The van der Waals surface area contributed by atoms with Crippen LogP contribution in [-0.2, 0) is 7.05 Å². The molecule has 104 valence electrons. The van der Waals surface area contributed by atoms with Crippen LogP contribution >= 0.6 is 11.6 Å². The zero-order chi connectivity index (χ0) is 14.8. The summed E-state index contributed by atoms with van der Waals surface area (Å²) in [6, 6.07) is 15.1. The van der Waals surface area contributed by atoms with Gasteiger partial charge in [0.15, 0.2) is 5.43 Å². The van der Waals surface area contributed by atoms with Gasteiger partial charge in [-0.15, -0.1) is 0 Å².